The highest BCUT2D eigenvalue weighted by Gasteiger charge is 2.12. The molecule has 0 fully saturated rings. The standard InChI is InChI=1S/C11H14BrClO/c1-2-3-7-10(14)8-5-4-6-9(12)11(8)13/h4-6,10,14H,2-3,7H2,1H3. The number of rotatable bonds is 4. The van der Waals surface area contributed by atoms with Crippen LogP contribution in [0.2, 0.25) is 5.02 Å². The van der Waals surface area contributed by atoms with Gasteiger partial charge in [0.1, 0.15) is 0 Å². The minimum atomic E-state index is -0.444. The van der Waals surface area contributed by atoms with Crippen molar-refractivity contribution >= 4 is 27.5 Å². The van der Waals surface area contributed by atoms with Gasteiger partial charge in [-0.25, -0.2) is 0 Å². The fourth-order valence-electron chi connectivity index (χ4n) is 1.33. The first-order valence-electron chi connectivity index (χ1n) is 4.78. The summed E-state index contributed by atoms with van der Waals surface area (Å²) >= 11 is 9.40. The molecule has 0 saturated heterocycles. The molecule has 0 aliphatic carbocycles. The lowest BCUT2D eigenvalue weighted by atomic mass is 10.0. The summed E-state index contributed by atoms with van der Waals surface area (Å²) in [4.78, 5) is 0. The molecule has 0 saturated carbocycles. The van der Waals surface area contributed by atoms with Gasteiger partial charge in [0.2, 0.25) is 0 Å². The van der Waals surface area contributed by atoms with E-state index in [0.717, 1.165) is 29.3 Å². The summed E-state index contributed by atoms with van der Waals surface area (Å²) in [5.74, 6) is 0. The van der Waals surface area contributed by atoms with E-state index in [1.165, 1.54) is 0 Å². The van der Waals surface area contributed by atoms with Crippen LogP contribution in [0.15, 0.2) is 22.7 Å². The molecular formula is C11H14BrClO. The molecule has 3 heteroatoms. The van der Waals surface area contributed by atoms with E-state index in [4.69, 9.17) is 11.6 Å². The molecule has 1 atom stereocenters. The summed E-state index contributed by atoms with van der Waals surface area (Å²) in [5, 5.41) is 10.5. The van der Waals surface area contributed by atoms with Crippen molar-refractivity contribution in [2.75, 3.05) is 0 Å². The van der Waals surface area contributed by atoms with E-state index in [-0.39, 0.29) is 0 Å². The second kappa shape index (κ2) is 5.74. The Hall–Kier alpha value is -0.0500. The first-order valence-corrected chi connectivity index (χ1v) is 5.96. The minimum Gasteiger partial charge on any atom is -0.388 e. The van der Waals surface area contributed by atoms with Crippen LogP contribution in [0.5, 0.6) is 0 Å². The van der Waals surface area contributed by atoms with Gasteiger partial charge in [0.05, 0.1) is 11.1 Å². The molecule has 78 valence electrons. The highest BCUT2D eigenvalue weighted by atomic mass is 79.9. The normalized spacial score (nSPS) is 12.9. The molecule has 0 aromatic heterocycles. The van der Waals surface area contributed by atoms with Gasteiger partial charge in [-0.15, -0.1) is 0 Å². The molecule has 0 aliphatic heterocycles. The fourth-order valence-corrected chi connectivity index (χ4v) is 1.96. The molecular weight excluding hydrogens is 263 g/mol. The fraction of sp³-hybridized carbons (Fsp3) is 0.455. The molecule has 1 nitrogen and oxygen atoms in total. The SMILES string of the molecule is CCCCC(O)c1cccc(Br)c1Cl. The van der Waals surface area contributed by atoms with Crippen molar-refractivity contribution in [3.63, 3.8) is 0 Å². The molecule has 1 aromatic rings. The highest BCUT2D eigenvalue weighted by molar-refractivity contribution is 9.10. The molecule has 0 aliphatic rings. The summed E-state index contributed by atoms with van der Waals surface area (Å²) in [7, 11) is 0. The Balaban J connectivity index is 2.79. The Labute approximate surface area is 98.2 Å². The van der Waals surface area contributed by atoms with Crippen LogP contribution in [-0.4, -0.2) is 5.11 Å². The van der Waals surface area contributed by atoms with Crippen molar-refractivity contribution in [3.8, 4) is 0 Å². The zero-order valence-electron chi connectivity index (χ0n) is 8.13. The van der Waals surface area contributed by atoms with Crippen molar-refractivity contribution < 1.29 is 5.11 Å². The third-order valence-electron chi connectivity index (χ3n) is 2.17. The predicted molar refractivity (Wildman–Crippen MR) is 63.6 cm³/mol. The third-order valence-corrected chi connectivity index (χ3v) is 3.48. The average molecular weight is 278 g/mol. The average Bonchev–Trinajstić information content (AvgIpc) is 2.18. The highest BCUT2D eigenvalue weighted by Crippen LogP contribution is 2.32. The van der Waals surface area contributed by atoms with E-state index in [0.29, 0.717) is 5.02 Å². The molecule has 1 rings (SSSR count). The number of halogens is 2. The first-order chi connectivity index (χ1) is 6.66. The molecule has 1 unspecified atom stereocenters. The van der Waals surface area contributed by atoms with Crippen molar-refractivity contribution in [1.29, 1.82) is 0 Å². The van der Waals surface area contributed by atoms with Gasteiger partial charge >= 0.3 is 0 Å². The topological polar surface area (TPSA) is 20.2 Å². The molecule has 0 spiro atoms. The van der Waals surface area contributed by atoms with Gasteiger partial charge in [0, 0.05) is 10.0 Å². The lowest BCUT2D eigenvalue weighted by Gasteiger charge is -2.12. The summed E-state index contributed by atoms with van der Waals surface area (Å²) in [6, 6.07) is 5.63. The first kappa shape index (κ1) is 12.0. The van der Waals surface area contributed by atoms with Crippen molar-refractivity contribution in [2.24, 2.45) is 0 Å². The second-order valence-corrected chi connectivity index (χ2v) is 4.53. The molecule has 1 N–H and O–H groups in total. The lowest BCUT2D eigenvalue weighted by molar-refractivity contribution is 0.164. The number of hydrogen-bond acceptors (Lipinski definition) is 1. The van der Waals surface area contributed by atoms with E-state index < -0.39 is 6.10 Å². The molecule has 1 aromatic carbocycles. The van der Waals surface area contributed by atoms with Crippen LogP contribution in [0, 0.1) is 0 Å². The van der Waals surface area contributed by atoms with Crippen molar-refractivity contribution in [3.05, 3.63) is 33.3 Å². The van der Waals surface area contributed by atoms with Gasteiger partial charge in [-0.1, -0.05) is 43.5 Å². The quantitative estimate of drug-likeness (QED) is 0.868. The van der Waals surface area contributed by atoms with Crippen LogP contribution in [0.4, 0.5) is 0 Å². The zero-order valence-corrected chi connectivity index (χ0v) is 10.5. The Bertz CT molecular complexity index is 301. The monoisotopic (exact) mass is 276 g/mol. The van der Waals surface area contributed by atoms with Crippen LogP contribution >= 0.6 is 27.5 Å². The van der Waals surface area contributed by atoms with E-state index >= 15 is 0 Å². The largest absolute Gasteiger partial charge is 0.388 e. The molecule has 14 heavy (non-hydrogen) atoms. The van der Waals surface area contributed by atoms with Gasteiger partial charge in [0.25, 0.3) is 0 Å². The van der Waals surface area contributed by atoms with Gasteiger partial charge in [0.15, 0.2) is 0 Å². The number of hydrogen-bond donors (Lipinski definition) is 1. The van der Waals surface area contributed by atoms with Crippen molar-refractivity contribution in [1.82, 2.24) is 0 Å². The van der Waals surface area contributed by atoms with Gasteiger partial charge in [-0.3, -0.25) is 0 Å². The van der Waals surface area contributed by atoms with Crippen LogP contribution < -0.4 is 0 Å². The maximum absolute atomic E-state index is 9.85. The van der Waals surface area contributed by atoms with Crippen LogP contribution in [0.25, 0.3) is 0 Å². The summed E-state index contributed by atoms with van der Waals surface area (Å²) in [6.07, 6.45) is 2.43. The van der Waals surface area contributed by atoms with Crippen molar-refractivity contribution in [2.45, 2.75) is 32.3 Å². The number of aliphatic hydroxyl groups excluding tert-OH is 1. The molecule has 0 amide bonds. The van der Waals surface area contributed by atoms with Gasteiger partial charge < -0.3 is 5.11 Å². The summed E-state index contributed by atoms with van der Waals surface area (Å²) in [5.41, 5.74) is 0.814. The maximum Gasteiger partial charge on any atom is 0.0804 e. The van der Waals surface area contributed by atoms with Crippen LogP contribution in [0.1, 0.15) is 37.9 Å². The number of aliphatic hydroxyl groups is 1. The van der Waals surface area contributed by atoms with E-state index in [1.807, 2.05) is 18.2 Å². The van der Waals surface area contributed by atoms with Crippen LogP contribution in [-0.2, 0) is 0 Å². The molecule has 0 heterocycles. The minimum absolute atomic E-state index is 0.444. The maximum atomic E-state index is 9.85. The summed E-state index contributed by atoms with van der Waals surface area (Å²) in [6.45, 7) is 2.11. The van der Waals surface area contributed by atoms with Gasteiger partial charge in [-0.05, 0) is 28.4 Å². The molecule has 0 radical (unpaired) electrons. The van der Waals surface area contributed by atoms with E-state index in [1.54, 1.807) is 0 Å². The Morgan fingerprint density at radius 3 is 2.86 bits per heavy atom. The lowest BCUT2D eigenvalue weighted by Crippen LogP contribution is -1.98. The Morgan fingerprint density at radius 2 is 2.21 bits per heavy atom. The third kappa shape index (κ3) is 2.97. The molecule has 0 bridgehead atoms. The smallest absolute Gasteiger partial charge is 0.0804 e. The second-order valence-electron chi connectivity index (χ2n) is 3.30. The zero-order chi connectivity index (χ0) is 10.6. The Morgan fingerprint density at radius 1 is 1.50 bits per heavy atom. The summed E-state index contributed by atoms with van der Waals surface area (Å²) < 4.78 is 0.840. The van der Waals surface area contributed by atoms with Crippen LogP contribution in [0.3, 0.4) is 0 Å². The number of benzene rings is 1. The van der Waals surface area contributed by atoms with E-state index in [2.05, 4.69) is 22.9 Å². The number of unbranched alkanes of at least 4 members (excludes halogenated alkanes) is 1. The Kier molecular flexibility index (Phi) is 4.93. The predicted octanol–water partition coefficient (Wildman–Crippen LogP) is 4.33. The van der Waals surface area contributed by atoms with Gasteiger partial charge in [-0.2, -0.15) is 0 Å². The van der Waals surface area contributed by atoms with E-state index in [9.17, 15) is 5.11 Å².